The summed E-state index contributed by atoms with van der Waals surface area (Å²) in [7, 11) is 0. The van der Waals surface area contributed by atoms with Gasteiger partial charge in [-0.2, -0.15) is 0 Å². The highest BCUT2D eigenvalue weighted by molar-refractivity contribution is 5.44. The number of aliphatic hydroxyl groups excluding tert-OH is 2. The molecule has 0 amide bonds. The Kier molecular flexibility index (Phi) is 4.95. The minimum absolute atomic E-state index is 0.162. The number of unbranched alkanes of at least 4 members (excludes halogenated alkanes) is 3. The van der Waals surface area contributed by atoms with E-state index in [1.54, 1.807) is 0 Å². The van der Waals surface area contributed by atoms with E-state index in [1.165, 1.54) is 19.3 Å². The molecule has 0 unspecified atom stereocenters. The van der Waals surface area contributed by atoms with Gasteiger partial charge in [0.1, 0.15) is 23.9 Å². The van der Waals surface area contributed by atoms with Gasteiger partial charge in [-0.05, 0) is 44.3 Å². The summed E-state index contributed by atoms with van der Waals surface area (Å²) >= 11 is 0. The SMILES string of the molecule is CCCCCC=CC1=C(CC)[C@H]2OC(C)(C)[C@H](O)C[C@]23O[C@@H]3[C@H]1O. The predicted molar refractivity (Wildman–Crippen MR) is 93.8 cm³/mol. The number of ether oxygens (including phenoxy) is 2. The second-order valence-corrected chi connectivity index (χ2v) is 7.99. The molecule has 3 rings (SSSR count). The third-order valence-corrected chi connectivity index (χ3v) is 5.90. The first kappa shape index (κ1) is 18.1. The molecule has 0 aromatic carbocycles. The minimum atomic E-state index is -0.615. The Hall–Kier alpha value is -0.680. The van der Waals surface area contributed by atoms with Crippen LogP contribution in [0.1, 0.15) is 66.2 Å². The molecule has 24 heavy (non-hydrogen) atoms. The molecule has 1 spiro atoms. The molecule has 4 nitrogen and oxygen atoms in total. The van der Waals surface area contributed by atoms with E-state index in [-0.39, 0.29) is 12.2 Å². The van der Waals surface area contributed by atoms with E-state index in [2.05, 4.69) is 26.0 Å². The van der Waals surface area contributed by atoms with Gasteiger partial charge in [-0.1, -0.05) is 38.8 Å². The summed E-state index contributed by atoms with van der Waals surface area (Å²) in [6, 6.07) is 0. The second kappa shape index (κ2) is 6.56. The van der Waals surface area contributed by atoms with Gasteiger partial charge in [0.25, 0.3) is 0 Å². The van der Waals surface area contributed by atoms with Gasteiger partial charge in [-0.15, -0.1) is 0 Å². The topological polar surface area (TPSA) is 62.2 Å². The molecule has 4 heteroatoms. The summed E-state index contributed by atoms with van der Waals surface area (Å²) in [5.41, 5.74) is 0.969. The Morgan fingerprint density at radius 1 is 1.17 bits per heavy atom. The summed E-state index contributed by atoms with van der Waals surface area (Å²) in [4.78, 5) is 0. The van der Waals surface area contributed by atoms with Gasteiger partial charge >= 0.3 is 0 Å². The highest BCUT2D eigenvalue weighted by Crippen LogP contribution is 2.58. The highest BCUT2D eigenvalue weighted by Gasteiger charge is 2.72. The van der Waals surface area contributed by atoms with Gasteiger partial charge in [-0.25, -0.2) is 0 Å². The molecule has 136 valence electrons. The smallest absolute Gasteiger partial charge is 0.130 e. The maximum atomic E-state index is 10.8. The zero-order valence-electron chi connectivity index (χ0n) is 15.4. The van der Waals surface area contributed by atoms with Crippen molar-refractivity contribution in [2.75, 3.05) is 0 Å². The van der Waals surface area contributed by atoms with E-state index in [4.69, 9.17) is 9.47 Å². The molecule has 2 aliphatic heterocycles. The third-order valence-electron chi connectivity index (χ3n) is 5.90. The van der Waals surface area contributed by atoms with Crippen LogP contribution in [0.2, 0.25) is 0 Å². The molecular weight excluding hydrogens is 304 g/mol. The molecule has 0 aromatic heterocycles. The monoisotopic (exact) mass is 336 g/mol. The predicted octanol–water partition coefficient (Wildman–Crippen LogP) is 3.27. The van der Waals surface area contributed by atoms with E-state index >= 15 is 0 Å². The van der Waals surface area contributed by atoms with Crippen molar-refractivity contribution in [1.29, 1.82) is 0 Å². The molecule has 0 aromatic rings. The lowest BCUT2D eigenvalue weighted by Gasteiger charge is -2.46. The number of allylic oxidation sites excluding steroid dienone is 1. The lowest BCUT2D eigenvalue weighted by Crippen LogP contribution is -2.58. The molecule has 5 atom stereocenters. The van der Waals surface area contributed by atoms with Crippen molar-refractivity contribution >= 4 is 0 Å². The van der Waals surface area contributed by atoms with Crippen molar-refractivity contribution in [3.8, 4) is 0 Å². The van der Waals surface area contributed by atoms with Crippen molar-refractivity contribution < 1.29 is 19.7 Å². The molecule has 2 heterocycles. The Balaban J connectivity index is 1.85. The van der Waals surface area contributed by atoms with Crippen LogP contribution >= 0.6 is 0 Å². The molecule has 1 aliphatic carbocycles. The standard InChI is InChI=1S/C20H32O4/c1-5-7-8-9-10-11-14-13(6-2)17-20(18(24-20)16(14)22)12-15(21)19(3,4)23-17/h10-11,15-18,21-22H,5-9,12H2,1-4H3/t15-,16+,17-,18-,20+/m1/s1. The Labute approximate surface area is 145 Å². The molecule has 2 N–H and O–H groups in total. The Bertz CT molecular complexity index is 536. The zero-order valence-corrected chi connectivity index (χ0v) is 15.4. The third kappa shape index (κ3) is 2.88. The summed E-state index contributed by atoms with van der Waals surface area (Å²) in [5.74, 6) is 0. The fraction of sp³-hybridized carbons (Fsp3) is 0.800. The zero-order chi connectivity index (χ0) is 17.5. The Morgan fingerprint density at radius 2 is 1.92 bits per heavy atom. The van der Waals surface area contributed by atoms with E-state index in [9.17, 15) is 10.2 Å². The number of epoxide rings is 1. The first-order valence-corrected chi connectivity index (χ1v) is 9.48. The van der Waals surface area contributed by atoms with Crippen LogP contribution in [0.4, 0.5) is 0 Å². The number of rotatable bonds is 6. The Morgan fingerprint density at radius 3 is 2.58 bits per heavy atom. The van der Waals surface area contributed by atoms with Gasteiger partial charge in [-0.3, -0.25) is 0 Å². The van der Waals surface area contributed by atoms with Crippen LogP contribution in [0.25, 0.3) is 0 Å². The van der Waals surface area contributed by atoms with Crippen molar-refractivity contribution in [3.05, 3.63) is 23.3 Å². The van der Waals surface area contributed by atoms with Crippen molar-refractivity contribution in [2.24, 2.45) is 0 Å². The molecule has 2 saturated heterocycles. The molecule has 3 aliphatic rings. The van der Waals surface area contributed by atoms with E-state index in [0.717, 1.165) is 24.0 Å². The number of hydrogen-bond donors (Lipinski definition) is 2. The average Bonchev–Trinajstić information content (AvgIpc) is 3.25. The normalized spacial score (nSPS) is 40.6. The van der Waals surface area contributed by atoms with E-state index in [0.29, 0.717) is 6.42 Å². The fourth-order valence-electron chi connectivity index (χ4n) is 4.23. The maximum Gasteiger partial charge on any atom is 0.130 e. The van der Waals surface area contributed by atoms with Gasteiger partial charge in [0.05, 0.1) is 11.7 Å². The first-order valence-electron chi connectivity index (χ1n) is 9.48. The van der Waals surface area contributed by atoms with Crippen LogP contribution in [0.5, 0.6) is 0 Å². The van der Waals surface area contributed by atoms with Gasteiger partial charge in [0, 0.05) is 6.42 Å². The van der Waals surface area contributed by atoms with Crippen LogP contribution < -0.4 is 0 Å². The van der Waals surface area contributed by atoms with Crippen molar-refractivity contribution in [1.82, 2.24) is 0 Å². The van der Waals surface area contributed by atoms with Gasteiger partial charge in [0.15, 0.2) is 0 Å². The summed E-state index contributed by atoms with van der Waals surface area (Å²) in [5, 5.41) is 21.1. The van der Waals surface area contributed by atoms with E-state index in [1.807, 2.05) is 13.8 Å². The quantitative estimate of drug-likeness (QED) is 0.577. The molecular formula is C20H32O4. The van der Waals surface area contributed by atoms with Crippen LogP contribution in [-0.4, -0.2) is 45.8 Å². The molecule has 0 saturated carbocycles. The molecule has 2 fully saturated rings. The van der Waals surface area contributed by atoms with Crippen molar-refractivity contribution in [2.45, 2.75) is 102 Å². The number of hydrogen-bond acceptors (Lipinski definition) is 4. The van der Waals surface area contributed by atoms with Gasteiger partial charge in [0.2, 0.25) is 0 Å². The summed E-state index contributed by atoms with van der Waals surface area (Å²) in [6.45, 7) is 8.17. The van der Waals surface area contributed by atoms with E-state index < -0.39 is 23.4 Å². The van der Waals surface area contributed by atoms with Gasteiger partial charge < -0.3 is 19.7 Å². The van der Waals surface area contributed by atoms with Crippen LogP contribution in [0.15, 0.2) is 23.3 Å². The summed E-state index contributed by atoms with van der Waals surface area (Å²) in [6.07, 6.45) is 8.66. The maximum absolute atomic E-state index is 10.8. The van der Waals surface area contributed by atoms with Crippen molar-refractivity contribution in [3.63, 3.8) is 0 Å². The largest absolute Gasteiger partial charge is 0.390 e. The lowest BCUT2D eigenvalue weighted by molar-refractivity contribution is -0.189. The first-order chi connectivity index (χ1) is 11.4. The highest BCUT2D eigenvalue weighted by atomic mass is 16.7. The number of aliphatic hydroxyl groups is 2. The van der Waals surface area contributed by atoms with Crippen LogP contribution in [0, 0.1) is 0 Å². The average molecular weight is 336 g/mol. The van der Waals surface area contributed by atoms with Crippen LogP contribution in [-0.2, 0) is 9.47 Å². The van der Waals surface area contributed by atoms with Crippen LogP contribution in [0.3, 0.4) is 0 Å². The minimum Gasteiger partial charge on any atom is -0.390 e. The summed E-state index contributed by atoms with van der Waals surface area (Å²) < 4.78 is 12.2. The fourth-order valence-corrected chi connectivity index (χ4v) is 4.23. The second-order valence-electron chi connectivity index (χ2n) is 7.99. The lowest BCUT2D eigenvalue weighted by atomic mass is 9.72. The molecule has 0 radical (unpaired) electrons. The molecule has 0 bridgehead atoms.